The Morgan fingerprint density at radius 1 is 1.25 bits per heavy atom. The van der Waals surface area contributed by atoms with Crippen molar-refractivity contribution in [3.05, 3.63) is 29.8 Å². The van der Waals surface area contributed by atoms with E-state index in [-0.39, 0.29) is 6.10 Å². The van der Waals surface area contributed by atoms with E-state index in [2.05, 4.69) is 13.8 Å². The Morgan fingerprint density at radius 3 is 2.50 bits per heavy atom. The zero-order chi connectivity index (χ0) is 12.0. The third kappa shape index (κ3) is 3.53. The maximum atomic E-state index is 10.1. The molecule has 0 heterocycles. The number of aliphatic hydroxyl groups is 1. The fraction of sp³-hybridized carbons (Fsp3) is 0.571. The number of rotatable bonds is 6. The van der Waals surface area contributed by atoms with Gasteiger partial charge in [-0.15, -0.1) is 0 Å². The van der Waals surface area contributed by atoms with Gasteiger partial charge in [-0.05, 0) is 30.0 Å². The molecule has 16 heavy (non-hydrogen) atoms. The Morgan fingerprint density at radius 2 is 1.94 bits per heavy atom. The lowest BCUT2D eigenvalue weighted by molar-refractivity contribution is 0.103. The lowest BCUT2D eigenvalue weighted by Crippen LogP contribution is -2.21. The number of ether oxygens (including phenoxy) is 1. The molecule has 1 unspecified atom stereocenters. The summed E-state index contributed by atoms with van der Waals surface area (Å²) >= 11 is 0. The van der Waals surface area contributed by atoms with Crippen molar-refractivity contribution >= 4 is 0 Å². The van der Waals surface area contributed by atoms with Crippen LogP contribution in [0.1, 0.15) is 32.3 Å². The Kier molecular flexibility index (Phi) is 5.33. The van der Waals surface area contributed by atoms with Crippen LogP contribution in [0.5, 0.6) is 5.75 Å². The number of aliphatic hydroxyl groups excluding tert-OH is 1. The highest BCUT2D eigenvalue weighted by molar-refractivity contribution is 5.28. The maximum absolute atomic E-state index is 10.1. The van der Waals surface area contributed by atoms with Crippen LogP contribution in [-0.2, 0) is 6.42 Å². The molecule has 2 heteroatoms. The maximum Gasteiger partial charge on any atom is 0.119 e. The average Bonchev–Trinajstić information content (AvgIpc) is 2.31. The fourth-order valence-electron chi connectivity index (χ4n) is 2.04. The molecule has 0 bridgehead atoms. The van der Waals surface area contributed by atoms with Crippen LogP contribution in [-0.4, -0.2) is 18.3 Å². The Labute approximate surface area is 98.3 Å². The summed E-state index contributed by atoms with van der Waals surface area (Å²) in [5.74, 6) is 1.25. The van der Waals surface area contributed by atoms with E-state index in [0.29, 0.717) is 12.3 Å². The van der Waals surface area contributed by atoms with E-state index >= 15 is 0 Å². The first-order chi connectivity index (χ1) is 7.71. The molecule has 0 radical (unpaired) electrons. The van der Waals surface area contributed by atoms with Gasteiger partial charge in [-0.25, -0.2) is 0 Å². The largest absolute Gasteiger partial charge is 0.497 e. The zero-order valence-electron chi connectivity index (χ0n) is 10.4. The summed E-state index contributed by atoms with van der Waals surface area (Å²) in [4.78, 5) is 0. The number of hydrogen-bond donors (Lipinski definition) is 1. The molecule has 1 rings (SSSR count). The Bertz CT molecular complexity index is 305. The van der Waals surface area contributed by atoms with Crippen LogP contribution in [0.4, 0.5) is 0 Å². The average molecular weight is 222 g/mol. The summed E-state index contributed by atoms with van der Waals surface area (Å²) in [6.45, 7) is 4.26. The minimum atomic E-state index is -0.248. The van der Waals surface area contributed by atoms with Crippen molar-refractivity contribution in [2.75, 3.05) is 7.11 Å². The third-order valence-electron chi connectivity index (χ3n) is 3.17. The second-order valence-electron chi connectivity index (χ2n) is 4.20. The van der Waals surface area contributed by atoms with Gasteiger partial charge >= 0.3 is 0 Å². The second kappa shape index (κ2) is 6.54. The first-order valence-electron chi connectivity index (χ1n) is 6.02. The van der Waals surface area contributed by atoms with Crippen molar-refractivity contribution in [1.29, 1.82) is 0 Å². The molecule has 0 aliphatic heterocycles. The first kappa shape index (κ1) is 13.0. The summed E-state index contributed by atoms with van der Waals surface area (Å²) in [7, 11) is 1.66. The summed E-state index contributed by atoms with van der Waals surface area (Å²) in [5, 5.41) is 10.1. The van der Waals surface area contributed by atoms with E-state index in [1.165, 1.54) is 0 Å². The van der Waals surface area contributed by atoms with Crippen LogP contribution in [0.3, 0.4) is 0 Å². The lowest BCUT2D eigenvalue weighted by atomic mass is 9.92. The van der Waals surface area contributed by atoms with Crippen molar-refractivity contribution in [2.24, 2.45) is 5.92 Å². The molecule has 0 aromatic heterocycles. The van der Waals surface area contributed by atoms with E-state index < -0.39 is 0 Å². The first-order valence-corrected chi connectivity index (χ1v) is 6.02. The van der Waals surface area contributed by atoms with E-state index in [1.54, 1.807) is 7.11 Å². The smallest absolute Gasteiger partial charge is 0.119 e. The molecule has 0 amide bonds. The molecule has 2 nitrogen and oxygen atoms in total. The molecule has 0 saturated carbocycles. The van der Waals surface area contributed by atoms with Crippen LogP contribution in [0.15, 0.2) is 24.3 Å². The molecule has 1 aromatic carbocycles. The minimum Gasteiger partial charge on any atom is -0.497 e. The summed E-state index contributed by atoms with van der Waals surface area (Å²) in [6.07, 6.45) is 2.52. The number of benzene rings is 1. The van der Waals surface area contributed by atoms with Gasteiger partial charge in [-0.3, -0.25) is 0 Å². The van der Waals surface area contributed by atoms with E-state index in [0.717, 1.165) is 24.2 Å². The van der Waals surface area contributed by atoms with Crippen LogP contribution < -0.4 is 4.74 Å². The van der Waals surface area contributed by atoms with E-state index in [4.69, 9.17) is 4.74 Å². The van der Waals surface area contributed by atoms with Gasteiger partial charge in [-0.2, -0.15) is 0 Å². The van der Waals surface area contributed by atoms with Gasteiger partial charge in [0.15, 0.2) is 0 Å². The molecule has 0 spiro atoms. The summed E-state index contributed by atoms with van der Waals surface area (Å²) in [6, 6.07) is 7.92. The zero-order valence-corrected chi connectivity index (χ0v) is 10.4. The fourth-order valence-corrected chi connectivity index (χ4v) is 2.04. The van der Waals surface area contributed by atoms with Crippen LogP contribution in [0.25, 0.3) is 0 Å². The molecule has 1 N–H and O–H groups in total. The van der Waals surface area contributed by atoms with Gasteiger partial charge in [-0.1, -0.05) is 38.8 Å². The van der Waals surface area contributed by atoms with Crippen LogP contribution in [0, 0.1) is 5.92 Å². The monoisotopic (exact) mass is 222 g/mol. The quantitative estimate of drug-likeness (QED) is 0.801. The predicted molar refractivity (Wildman–Crippen MR) is 66.8 cm³/mol. The summed E-state index contributed by atoms with van der Waals surface area (Å²) < 4.78 is 5.17. The van der Waals surface area contributed by atoms with E-state index in [1.807, 2.05) is 24.3 Å². The van der Waals surface area contributed by atoms with Crippen LogP contribution in [0.2, 0.25) is 0 Å². The van der Waals surface area contributed by atoms with Crippen LogP contribution >= 0.6 is 0 Å². The molecule has 1 aromatic rings. The Balaban J connectivity index is 2.64. The predicted octanol–water partition coefficient (Wildman–Crippen LogP) is 3.03. The lowest BCUT2D eigenvalue weighted by Gasteiger charge is -2.20. The normalized spacial score (nSPS) is 12.8. The molecule has 90 valence electrons. The van der Waals surface area contributed by atoms with Gasteiger partial charge in [0.05, 0.1) is 13.2 Å². The second-order valence-corrected chi connectivity index (χ2v) is 4.20. The molecule has 1 atom stereocenters. The van der Waals surface area contributed by atoms with Crippen molar-refractivity contribution in [3.8, 4) is 5.75 Å². The van der Waals surface area contributed by atoms with Gasteiger partial charge in [0.1, 0.15) is 5.75 Å². The van der Waals surface area contributed by atoms with Gasteiger partial charge in [0.2, 0.25) is 0 Å². The topological polar surface area (TPSA) is 29.5 Å². The molecule has 0 saturated heterocycles. The van der Waals surface area contributed by atoms with Crippen molar-refractivity contribution in [2.45, 2.75) is 39.2 Å². The third-order valence-corrected chi connectivity index (χ3v) is 3.17. The van der Waals surface area contributed by atoms with Crippen molar-refractivity contribution < 1.29 is 9.84 Å². The number of hydrogen-bond acceptors (Lipinski definition) is 2. The highest BCUT2D eigenvalue weighted by Crippen LogP contribution is 2.19. The van der Waals surface area contributed by atoms with Crippen molar-refractivity contribution in [1.82, 2.24) is 0 Å². The Hall–Kier alpha value is -1.02. The van der Waals surface area contributed by atoms with Gasteiger partial charge < -0.3 is 9.84 Å². The highest BCUT2D eigenvalue weighted by atomic mass is 16.5. The number of methoxy groups -OCH3 is 1. The minimum absolute atomic E-state index is 0.248. The van der Waals surface area contributed by atoms with Gasteiger partial charge in [0.25, 0.3) is 0 Å². The molecular weight excluding hydrogens is 200 g/mol. The molecule has 0 aliphatic rings. The van der Waals surface area contributed by atoms with Crippen molar-refractivity contribution in [3.63, 3.8) is 0 Å². The molecular formula is C14H22O2. The highest BCUT2D eigenvalue weighted by Gasteiger charge is 2.15. The molecule has 0 aliphatic carbocycles. The van der Waals surface area contributed by atoms with Gasteiger partial charge in [0, 0.05) is 0 Å². The van der Waals surface area contributed by atoms with E-state index in [9.17, 15) is 5.11 Å². The SMILES string of the molecule is CCC(CC)C(O)Cc1cccc(OC)c1. The summed E-state index contributed by atoms with van der Waals surface area (Å²) in [5.41, 5.74) is 1.14. The molecule has 0 fully saturated rings. The standard InChI is InChI=1S/C14H22O2/c1-4-12(5-2)14(15)10-11-7-6-8-13(9-11)16-3/h6-9,12,14-15H,4-5,10H2,1-3H3.